The van der Waals surface area contributed by atoms with Crippen molar-refractivity contribution in [3.8, 4) is 0 Å². The topological polar surface area (TPSA) is 35.6 Å². The fourth-order valence-electron chi connectivity index (χ4n) is 3.65. The summed E-state index contributed by atoms with van der Waals surface area (Å²) >= 11 is 1.73. The van der Waals surface area contributed by atoms with Crippen LogP contribution in [0.25, 0.3) is 21.8 Å². The first-order valence-electron chi connectivity index (χ1n) is 8.65. The smallest absolute Gasteiger partial charge is 0.179 e. The monoisotopic (exact) mass is 358 g/mol. The Balaban J connectivity index is 1.84. The molecule has 0 N–H and O–H groups in total. The third-order valence-corrected chi connectivity index (χ3v) is 5.77. The molecular formula is C21H18N4S. The molecule has 5 aromatic rings. The highest BCUT2D eigenvalue weighted by Crippen LogP contribution is 2.32. The van der Waals surface area contributed by atoms with Crippen molar-refractivity contribution in [2.75, 3.05) is 0 Å². The highest BCUT2D eigenvalue weighted by atomic mass is 32.1. The van der Waals surface area contributed by atoms with Gasteiger partial charge in [-0.25, -0.2) is 9.36 Å². The van der Waals surface area contributed by atoms with Crippen LogP contribution in [0.5, 0.6) is 0 Å². The van der Waals surface area contributed by atoms with E-state index in [1.807, 2.05) is 0 Å². The zero-order chi connectivity index (χ0) is 17.7. The Morgan fingerprint density at radius 1 is 0.731 bits per heavy atom. The summed E-state index contributed by atoms with van der Waals surface area (Å²) < 4.78 is 4.21. The van der Waals surface area contributed by atoms with Crippen LogP contribution in [0, 0.1) is 13.8 Å². The van der Waals surface area contributed by atoms with E-state index in [1.54, 1.807) is 11.3 Å². The lowest BCUT2D eigenvalue weighted by molar-refractivity contribution is 0.445. The average Bonchev–Trinajstić information content (AvgIpc) is 3.38. The van der Waals surface area contributed by atoms with Gasteiger partial charge in [-0.15, -0.1) is 11.3 Å². The van der Waals surface area contributed by atoms with E-state index in [0.29, 0.717) is 0 Å². The van der Waals surface area contributed by atoms with Gasteiger partial charge in [0.15, 0.2) is 6.17 Å². The van der Waals surface area contributed by atoms with Gasteiger partial charge in [-0.2, -0.15) is 10.2 Å². The molecule has 5 rings (SSSR count). The number of fused-ring (bicyclic) bond motifs is 2. The van der Waals surface area contributed by atoms with E-state index < -0.39 is 0 Å². The van der Waals surface area contributed by atoms with Gasteiger partial charge in [0.05, 0.1) is 27.3 Å². The van der Waals surface area contributed by atoms with E-state index in [2.05, 4.69) is 89.3 Å². The molecule has 0 radical (unpaired) electrons. The molecule has 0 aliphatic carbocycles. The van der Waals surface area contributed by atoms with Crippen LogP contribution in [-0.2, 0) is 0 Å². The fourth-order valence-corrected chi connectivity index (χ4v) is 4.45. The number of nitrogens with zero attached hydrogens (tertiary/aromatic N) is 4. The zero-order valence-electron chi connectivity index (χ0n) is 14.6. The molecule has 0 amide bonds. The summed E-state index contributed by atoms with van der Waals surface area (Å²) in [6, 6.07) is 21.0. The summed E-state index contributed by atoms with van der Waals surface area (Å²) in [4.78, 5) is 1.21. The van der Waals surface area contributed by atoms with Crippen LogP contribution in [0.1, 0.15) is 22.4 Å². The fraction of sp³-hybridized carbons (Fsp3) is 0.143. The van der Waals surface area contributed by atoms with E-state index in [9.17, 15) is 0 Å². The second-order valence-electron chi connectivity index (χ2n) is 6.48. The summed E-state index contributed by atoms with van der Waals surface area (Å²) in [6.07, 6.45) is -0.104. The Hall–Kier alpha value is -2.92. The SMILES string of the molecule is Cc1nn(C(c2cccs2)n2nc(C)c3ccccc32)c2ccccc12. The van der Waals surface area contributed by atoms with Gasteiger partial charge in [0.2, 0.25) is 0 Å². The minimum Gasteiger partial charge on any atom is -0.235 e. The van der Waals surface area contributed by atoms with Gasteiger partial charge in [0.25, 0.3) is 0 Å². The van der Waals surface area contributed by atoms with Crippen molar-refractivity contribution in [1.29, 1.82) is 0 Å². The van der Waals surface area contributed by atoms with E-state index in [-0.39, 0.29) is 6.17 Å². The van der Waals surface area contributed by atoms with Gasteiger partial charge in [-0.3, -0.25) is 0 Å². The molecule has 0 atom stereocenters. The Morgan fingerprint density at radius 2 is 1.27 bits per heavy atom. The van der Waals surface area contributed by atoms with E-state index >= 15 is 0 Å². The van der Waals surface area contributed by atoms with Crippen molar-refractivity contribution >= 4 is 33.1 Å². The highest BCUT2D eigenvalue weighted by Gasteiger charge is 2.24. The molecule has 128 valence electrons. The molecular weight excluding hydrogens is 340 g/mol. The first-order valence-corrected chi connectivity index (χ1v) is 9.53. The zero-order valence-corrected chi connectivity index (χ0v) is 15.4. The van der Waals surface area contributed by atoms with Crippen molar-refractivity contribution in [3.05, 3.63) is 82.3 Å². The lowest BCUT2D eigenvalue weighted by Gasteiger charge is -2.19. The molecule has 26 heavy (non-hydrogen) atoms. The Labute approximate surface area is 155 Å². The van der Waals surface area contributed by atoms with Crippen LogP contribution in [0.4, 0.5) is 0 Å². The summed E-state index contributed by atoms with van der Waals surface area (Å²) in [5, 5.41) is 14.3. The molecule has 3 aromatic heterocycles. The minimum atomic E-state index is -0.104. The van der Waals surface area contributed by atoms with Crippen LogP contribution in [0.15, 0.2) is 66.0 Å². The van der Waals surface area contributed by atoms with Crippen LogP contribution < -0.4 is 0 Å². The standard InChI is InChI=1S/C21H18N4S/c1-14-16-8-3-5-10-18(16)24(22-14)21(20-12-7-13-26-20)25-19-11-6-4-9-17(19)15(2)23-25/h3-13,21H,1-2H3. The summed E-state index contributed by atoms with van der Waals surface area (Å²) in [7, 11) is 0. The second-order valence-corrected chi connectivity index (χ2v) is 7.46. The van der Waals surface area contributed by atoms with Crippen LogP contribution in [-0.4, -0.2) is 19.6 Å². The van der Waals surface area contributed by atoms with Crippen molar-refractivity contribution in [2.45, 2.75) is 20.0 Å². The third-order valence-electron chi connectivity index (χ3n) is 4.86. The maximum absolute atomic E-state index is 4.90. The Kier molecular flexibility index (Phi) is 3.43. The highest BCUT2D eigenvalue weighted by molar-refractivity contribution is 7.10. The number of aromatic nitrogens is 4. The summed E-state index contributed by atoms with van der Waals surface area (Å²) in [6.45, 7) is 4.13. The normalized spacial score (nSPS) is 11.8. The van der Waals surface area contributed by atoms with Crippen molar-refractivity contribution < 1.29 is 0 Å². The first-order chi connectivity index (χ1) is 12.7. The molecule has 0 aliphatic heterocycles. The van der Waals surface area contributed by atoms with Gasteiger partial charge >= 0.3 is 0 Å². The molecule has 0 unspecified atom stereocenters. The predicted octanol–water partition coefficient (Wildman–Crippen LogP) is 5.16. The Bertz CT molecular complexity index is 1130. The molecule has 2 aromatic carbocycles. The molecule has 0 aliphatic rings. The van der Waals surface area contributed by atoms with E-state index in [4.69, 9.17) is 10.2 Å². The molecule has 3 heterocycles. The number of rotatable bonds is 3. The quantitative estimate of drug-likeness (QED) is 0.446. The van der Waals surface area contributed by atoms with E-state index in [0.717, 1.165) is 22.4 Å². The Morgan fingerprint density at radius 3 is 1.77 bits per heavy atom. The van der Waals surface area contributed by atoms with Crippen LogP contribution in [0.3, 0.4) is 0 Å². The second kappa shape index (κ2) is 5.81. The van der Waals surface area contributed by atoms with Gasteiger partial charge in [-0.05, 0) is 37.4 Å². The lowest BCUT2D eigenvalue weighted by Crippen LogP contribution is -2.21. The largest absolute Gasteiger partial charge is 0.235 e. The number of para-hydroxylation sites is 2. The number of benzene rings is 2. The first kappa shape index (κ1) is 15.3. The lowest BCUT2D eigenvalue weighted by atomic mass is 10.2. The van der Waals surface area contributed by atoms with Crippen molar-refractivity contribution in [1.82, 2.24) is 19.6 Å². The van der Waals surface area contributed by atoms with Crippen molar-refractivity contribution in [2.24, 2.45) is 0 Å². The average molecular weight is 358 g/mol. The number of thiophene rings is 1. The maximum atomic E-state index is 4.90. The minimum absolute atomic E-state index is 0.104. The number of hydrogen-bond donors (Lipinski definition) is 0. The molecule has 5 heteroatoms. The van der Waals surface area contributed by atoms with Gasteiger partial charge < -0.3 is 0 Å². The maximum Gasteiger partial charge on any atom is 0.179 e. The van der Waals surface area contributed by atoms with E-state index in [1.165, 1.54) is 15.6 Å². The number of hydrogen-bond acceptors (Lipinski definition) is 3. The van der Waals surface area contributed by atoms with Crippen molar-refractivity contribution in [3.63, 3.8) is 0 Å². The molecule has 4 nitrogen and oxygen atoms in total. The van der Waals surface area contributed by atoms with Gasteiger partial charge in [0, 0.05) is 10.8 Å². The molecule has 0 spiro atoms. The number of aryl methyl sites for hydroxylation is 2. The molecule has 0 saturated carbocycles. The third kappa shape index (κ3) is 2.21. The predicted molar refractivity (Wildman–Crippen MR) is 107 cm³/mol. The van der Waals surface area contributed by atoms with Gasteiger partial charge in [-0.1, -0.05) is 42.5 Å². The summed E-state index contributed by atoms with van der Waals surface area (Å²) in [5.74, 6) is 0. The van der Waals surface area contributed by atoms with Gasteiger partial charge in [0.1, 0.15) is 0 Å². The summed E-state index contributed by atoms with van der Waals surface area (Å²) in [5.41, 5.74) is 4.33. The van der Waals surface area contributed by atoms with Crippen LogP contribution in [0.2, 0.25) is 0 Å². The molecule has 0 saturated heterocycles. The van der Waals surface area contributed by atoms with Crippen LogP contribution >= 0.6 is 11.3 Å². The molecule has 0 fully saturated rings. The molecule has 0 bridgehead atoms.